The number of hydrogen-bond donors (Lipinski definition) is 2. The van der Waals surface area contributed by atoms with E-state index in [0.717, 1.165) is 0 Å². The van der Waals surface area contributed by atoms with Gasteiger partial charge in [0.2, 0.25) is 0 Å². The van der Waals surface area contributed by atoms with Crippen LogP contribution in [-0.2, 0) is 0 Å². The lowest BCUT2D eigenvalue weighted by atomic mass is 9.85. The van der Waals surface area contributed by atoms with Gasteiger partial charge in [-0.1, -0.05) is 11.6 Å². The standard InChI is InChI=1S/C15H20ClFN2O2/c1-10(15(21)5-7-18-8-6-15)19(2)14(20)12-9-11(16)3-4-13(12)17/h3-4,9-10,18,21H,5-8H2,1-2H3. The molecule has 6 heteroatoms. The summed E-state index contributed by atoms with van der Waals surface area (Å²) in [5.41, 5.74) is -1.03. The maximum atomic E-state index is 13.8. The van der Waals surface area contributed by atoms with Gasteiger partial charge >= 0.3 is 0 Å². The van der Waals surface area contributed by atoms with Crippen molar-refractivity contribution in [2.24, 2.45) is 0 Å². The van der Waals surface area contributed by atoms with Gasteiger partial charge in [-0.15, -0.1) is 0 Å². The summed E-state index contributed by atoms with van der Waals surface area (Å²) >= 11 is 5.83. The highest BCUT2D eigenvalue weighted by atomic mass is 35.5. The van der Waals surface area contributed by atoms with Crippen molar-refractivity contribution in [1.29, 1.82) is 0 Å². The Morgan fingerprint density at radius 2 is 2.10 bits per heavy atom. The molecule has 1 aliphatic rings. The number of nitrogens with zero attached hydrogens (tertiary/aromatic N) is 1. The van der Waals surface area contributed by atoms with Gasteiger partial charge in [0.25, 0.3) is 5.91 Å². The summed E-state index contributed by atoms with van der Waals surface area (Å²) in [6.45, 7) is 3.19. The molecule has 2 N–H and O–H groups in total. The Kier molecular flexibility index (Phi) is 4.86. The van der Waals surface area contributed by atoms with Crippen LogP contribution in [0, 0.1) is 5.82 Å². The van der Waals surface area contributed by atoms with E-state index in [1.54, 1.807) is 14.0 Å². The van der Waals surface area contributed by atoms with Gasteiger partial charge < -0.3 is 15.3 Å². The molecule has 0 aromatic heterocycles. The molecule has 1 fully saturated rings. The van der Waals surface area contributed by atoms with E-state index < -0.39 is 23.4 Å². The number of amides is 1. The van der Waals surface area contributed by atoms with Crippen LogP contribution in [0.2, 0.25) is 5.02 Å². The fraction of sp³-hybridized carbons (Fsp3) is 0.533. The monoisotopic (exact) mass is 314 g/mol. The molecule has 21 heavy (non-hydrogen) atoms. The van der Waals surface area contributed by atoms with Gasteiger partial charge in [0.1, 0.15) is 5.82 Å². The van der Waals surface area contributed by atoms with Gasteiger partial charge in [0.05, 0.1) is 17.2 Å². The van der Waals surface area contributed by atoms with E-state index in [4.69, 9.17) is 11.6 Å². The molecular formula is C15H20ClFN2O2. The molecule has 0 radical (unpaired) electrons. The Morgan fingerprint density at radius 3 is 2.71 bits per heavy atom. The van der Waals surface area contributed by atoms with E-state index in [9.17, 15) is 14.3 Å². The van der Waals surface area contributed by atoms with Crippen molar-refractivity contribution in [3.63, 3.8) is 0 Å². The first-order valence-corrected chi connectivity index (χ1v) is 7.38. The average molecular weight is 315 g/mol. The number of carbonyl (C=O) groups is 1. The summed E-state index contributed by atoms with van der Waals surface area (Å²) < 4.78 is 13.8. The zero-order valence-electron chi connectivity index (χ0n) is 12.2. The number of halogens is 2. The Labute approximate surface area is 128 Å². The Hall–Kier alpha value is -1.17. The van der Waals surface area contributed by atoms with Crippen LogP contribution >= 0.6 is 11.6 Å². The SMILES string of the molecule is CC(N(C)C(=O)c1cc(Cl)ccc1F)C1(O)CCNCC1. The van der Waals surface area contributed by atoms with E-state index in [1.165, 1.54) is 23.1 Å². The molecule has 0 spiro atoms. The summed E-state index contributed by atoms with van der Waals surface area (Å²) in [6, 6.07) is 3.48. The zero-order valence-corrected chi connectivity index (χ0v) is 13.0. The second kappa shape index (κ2) is 6.30. The minimum atomic E-state index is -0.954. The summed E-state index contributed by atoms with van der Waals surface area (Å²) in [4.78, 5) is 13.8. The molecule has 1 aromatic rings. The predicted octanol–water partition coefficient (Wildman–Crippen LogP) is 2.05. The van der Waals surface area contributed by atoms with Gasteiger partial charge in [-0.2, -0.15) is 0 Å². The topological polar surface area (TPSA) is 52.6 Å². The third-order valence-corrected chi connectivity index (χ3v) is 4.54. The van der Waals surface area contributed by atoms with Crippen molar-refractivity contribution < 1.29 is 14.3 Å². The molecule has 1 saturated heterocycles. The second-order valence-corrected chi connectivity index (χ2v) is 6.01. The second-order valence-electron chi connectivity index (χ2n) is 5.57. The van der Waals surface area contributed by atoms with Gasteiger partial charge in [-0.05, 0) is 51.1 Å². The number of rotatable bonds is 3. The van der Waals surface area contributed by atoms with Crippen LogP contribution in [0.5, 0.6) is 0 Å². The largest absolute Gasteiger partial charge is 0.388 e. The van der Waals surface area contributed by atoms with Crippen molar-refractivity contribution in [3.05, 3.63) is 34.6 Å². The summed E-state index contributed by atoms with van der Waals surface area (Å²) in [5, 5.41) is 14.2. The molecule has 0 aliphatic carbocycles. The minimum absolute atomic E-state index is 0.0746. The molecular weight excluding hydrogens is 295 g/mol. The fourth-order valence-corrected chi connectivity index (χ4v) is 2.84. The smallest absolute Gasteiger partial charge is 0.256 e. The molecule has 1 atom stereocenters. The maximum Gasteiger partial charge on any atom is 0.256 e. The number of piperidine rings is 1. The lowest BCUT2D eigenvalue weighted by molar-refractivity contribution is -0.0482. The van der Waals surface area contributed by atoms with Crippen molar-refractivity contribution in [1.82, 2.24) is 10.2 Å². The first-order valence-electron chi connectivity index (χ1n) is 7.00. The highest BCUT2D eigenvalue weighted by Gasteiger charge is 2.39. The minimum Gasteiger partial charge on any atom is -0.388 e. The lowest BCUT2D eigenvalue weighted by Crippen LogP contribution is -2.56. The van der Waals surface area contributed by atoms with Gasteiger partial charge in [0, 0.05) is 12.1 Å². The van der Waals surface area contributed by atoms with Crippen molar-refractivity contribution in [2.45, 2.75) is 31.4 Å². The van der Waals surface area contributed by atoms with Crippen LogP contribution in [0.15, 0.2) is 18.2 Å². The van der Waals surface area contributed by atoms with Crippen molar-refractivity contribution >= 4 is 17.5 Å². The third kappa shape index (κ3) is 3.36. The normalized spacial score (nSPS) is 19.1. The molecule has 4 nitrogen and oxygen atoms in total. The van der Waals surface area contributed by atoms with Crippen molar-refractivity contribution in [3.8, 4) is 0 Å². The molecule has 0 bridgehead atoms. The molecule has 2 rings (SSSR count). The highest BCUT2D eigenvalue weighted by molar-refractivity contribution is 6.31. The molecule has 1 aromatic carbocycles. The van der Waals surface area contributed by atoms with Gasteiger partial charge in [-0.25, -0.2) is 4.39 Å². The molecule has 116 valence electrons. The number of benzene rings is 1. The predicted molar refractivity (Wildman–Crippen MR) is 80.0 cm³/mol. The summed E-state index contributed by atoms with van der Waals surface area (Å²) in [7, 11) is 1.58. The fourth-order valence-electron chi connectivity index (χ4n) is 2.67. The molecule has 0 saturated carbocycles. The highest BCUT2D eigenvalue weighted by Crippen LogP contribution is 2.27. The van der Waals surface area contributed by atoms with Gasteiger partial charge in [0.15, 0.2) is 0 Å². The van der Waals surface area contributed by atoms with Crippen LogP contribution in [0.1, 0.15) is 30.1 Å². The van der Waals surface area contributed by atoms with Crippen molar-refractivity contribution in [2.75, 3.05) is 20.1 Å². The summed E-state index contributed by atoms with van der Waals surface area (Å²) in [6.07, 6.45) is 1.12. The Morgan fingerprint density at radius 1 is 1.48 bits per heavy atom. The van der Waals surface area contributed by atoms with Crippen LogP contribution in [0.4, 0.5) is 4.39 Å². The van der Waals surface area contributed by atoms with E-state index >= 15 is 0 Å². The molecule has 1 aliphatic heterocycles. The van der Waals surface area contributed by atoms with Crippen LogP contribution in [0.3, 0.4) is 0 Å². The number of nitrogens with one attached hydrogen (secondary N) is 1. The van der Waals surface area contributed by atoms with Crippen LogP contribution in [0.25, 0.3) is 0 Å². The lowest BCUT2D eigenvalue weighted by Gasteiger charge is -2.42. The van der Waals surface area contributed by atoms with E-state index in [0.29, 0.717) is 31.0 Å². The zero-order chi connectivity index (χ0) is 15.6. The first-order chi connectivity index (χ1) is 9.85. The molecule has 1 heterocycles. The Balaban J connectivity index is 2.20. The third-order valence-electron chi connectivity index (χ3n) is 4.31. The van der Waals surface area contributed by atoms with E-state index in [2.05, 4.69) is 5.32 Å². The molecule has 1 unspecified atom stereocenters. The van der Waals surface area contributed by atoms with E-state index in [1.807, 2.05) is 0 Å². The number of aliphatic hydroxyl groups is 1. The molecule has 1 amide bonds. The number of hydrogen-bond acceptors (Lipinski definition) is 3. The van der Waals surface area contributed by atoms with Crippen LogP contribution < -0.4 is 5.32 Å². The summed E-state index contributed by atoms with van der Waals surface area (Å²) in [5.74, 6) is -1.09. The maximum absolute atomic E-state index is 13.8. The average Bonchev–Trinajstić information content (AvgIpc) is 2.48. The Bertz CT molecular complexity index is 532. The van der Waals surface area contributed by atoms with Gasteiger partial charge in [-0.3, -0.25) is 4.79 Å². The van der Waals surface area contributed by atoms with E-state index in [-0.39, 0.29) is 5.56 Å². The number of carbonyl (C=O) groups excluding carboxylic acids is 1. The first kappa shape index (κ1) is 16.2. The number of likely N-dealkylation sites (N-methyl/N-ethyl adjacent to an activating group) is 1. The van der Waals surface area contributed by atoms with Crippen LogP contribution in [-0.4, -0.2) is 47.7 Å². The quantitative estimate of drug-likeness (QED) is 0.898.